The zero-order valence-electron chi connectivity index (χ0n) is 15.5. The van der Waals surface area contributed by atoms with Crippen LogP contribution in [0, 0.1) is 0 Å². The molecule has 2 aliphatic heterocycles. The SMILES string of the molecule is O=C(N[C@@H]1COc2ccccc2C1)N1CCN(c2ccc3nccn3n2)CC1. The number of para-hydroxylation sites is 1. The number of nitrogens with zero attached hydrogens (tertiary/aromatic N) is 5. The third kappa shape index (κ3) is 3.21. The van der Waals surface area contributed by atoms with E-state index in [1.807, 2.05) is 41.4 Å². The number of carbonyl (C=O) groups is 1. The predicted molar refractivity (Wildman–Crippen MR) is 105 cm³/mol. The molecule has 144 valence electrons. The van der Waals surface area contributed by atoms with E-state index in [-0.39, 0.29) is 12.1 Å². The van der Waals surface area contributed by atoms with Crippen LogP contribution in [0.4, 0.5) is 10.6 Å². The van der Waals surface area contributed by atoms with Crippen LogP contribution in [0.25, 0.3) is 5.65 Å². The number of amides is 2. The van der Waals surface area contributed by atoms with Crippen LogP contribution in [-0.4, -0.2) is 64.4 Å². The van der Waals surface area contributed by atoms with Gasteiger partial charge in [0.25, 0.3) is 0 Å². The highest BCUT2D eigenvalue weighted by molar-refractivity contribution is 5.75. The minimum absolute atomic E-state index is 0.00532. The van der Waals surface area contributed by atoms with Crippen LogP contribution >= 0.6 is 0 Å². The number of anilines is 1. The lowest BCUT2D eigenvalue weighted by molar-refractivity contribution is 0.178. The summed E-state index contributed by atoms with van der Waals surface area (Å²) in [6.07, 6.45) is 4.38. The van der Waals surface area contributed by atoms with Gasteiger partial charge in [-0.15, -0.1) is 5.10 Å². The maximum Gasteiger partial charge on any atom is 0.317 e. The summed E-state index contributed by atoms with van der Waals surface area (Å²) in [5.41, 5.74) is 1.97. The van der Waals surface area contributed by atoms with Gasteiger partial charge in [0.15, 0.2) is 5.65 Å². The molecule has 4 heterocycles. The van der Waals surface area contributed by atoms with Gasteiger partial charge in [-0.05, 0) is 30.2 Å². The first-order valence-corrected chi connectivity index (χ1v) is 9.58. The van der Waals surface area contributed by atoms with Crippen LogP contribution in [0.3, 0.4) is 0 Å². The lowest BCUT2D eigenvalue weighted by atomic mass is 10.0. The fraction of sp³-hybridized carbons (Fsp3) is 0.350. The molecule has 28 heavy (non-hydrogen) atoms. The molecule has 3 aromatic rings. The Bertz CT molecular complexity index is 995. The molecule has 0 unspecified atom stereocenters. The van der Waals surface area contributed by atoms with Crippen molar-refractivity contribution in [3.05, 3.63) is 54.4 Å². The molecule has 2 amide bonds. The van der Waals surface area contributed by atoms with Crippen LogP contribution < -0.4 is 15.0 Å². The van der Waals surface area contributed by atoms with E-state index in [1.54, 1.807) is 10.7 Å². The van der Waals surface area contributed by atoms with Gasteiger partial charge in [-0.2, -0.15) is 0 Å². The second-order valence-corrected chi connectivity index (χ2v) is 7.16. The molecule has 8 heteroatoms. The lowest BCUT2D eigenvalue weighted by Crippen LogP contribution is -2.55. The molecule has 1 aromatic carbocycles. The molecular formula is C20H22N6O2. The van der Waals surface area contributed by atoms with Gasteiger partial charge in [-0.25, -0.2) is 14.3 Å². The first-order chi connectivity index (χ1) is 13.8. The molecule has 5 rings (SSSR count). The number of hydrogen-bond acceptors (Lipinski definition) is 5. The highest BCUT2D eigenvalue weighted by Gasteiger charge is 2.26. The van der Waals surface area contributed by atoms with E-state index >= 15 is 0 Å². The minimum Gasteiger partial charge on any atom is -0.491 e. The number of benzene rings is 1. The van der Waals surface area contributed by atoms with Crippen molar-refractivity contribution in [1.82, 2.24) is 24.8 Å². The van der Waals surface area contributed by atoms with E-state index in [9.17, 15) is 4.79 Å². The van der Waals surface area contributed by atoms with Crippen LogP contribution in [0.2, 0.25) is 0 Å². The first-order valence-electron chi connectivity index (χ1n) is 9.58. The Morgan fingerprint density at radius 3 is 2.86 bits per heavy atom. The third-order valence-electron chi connectivity index (χ3n) is 5.34. The summed E-state index contributed by atoms with van der Waals surface area (Å²) < 4.78 is 7.54. The molecule has 1 saturated heterocycles. The number of rotatable bonds is 2. The van der Waals surface area contributed by atoms with E-state index in [1.165, 1.54) is 0 Å². The largest absolute Gasteiger partial charge is 0.491 e. The number of carbonyl (C=O) groups excluding carboxylic acids is 1. The molecular weight excluding hydrogens is 356 g/mol. The molecule has 0 radical (unpaired) electrons. The number of urea groups is 1. The number of piperazine rings is 1. The van der Waals surface area contributed by atoms with Gasteiger partial charge >= 0.3 is 6.03 Å². The summed E-state index contributed by atoms with van der Waals surface area (Å²) in [5, 5.41) is 7.71. The van der Waals surface area contributed by atoms with Gasteiger partial charge in [0.2, 0.25) is 0 Å². The van der Waals surface area contributed by atoms with Crippen molar-refractivity contribution >= 4 is 17.5 Å². The van der Waals surface area contributed by atoms with Gasteiger partial charge in [-0.1, -0.05) is 18.2 Å². The van der Waals surface area contributed by atoms with Crippen molar-refractivity contribution in [3.63, 3.8) is 0 Å². The molecule has 8 nitrogen and oxygen atoms in total. The van der Waals surface area contributed by atoms with E-state index < -0.39 is 0 Å². The molecule has 1 N–H and O–H groups in total. The van der Waals surface area contributed by atoms with Gasteiger partial charge in [0, 0.05) is 38.6 Å². The summed E-state index contributed by atoms with van der Waals surface area (Å²) in [7, 11) is 0. The smallest absolute Gasteiger partial charge is 0.317 e. The molecule has 0 bridgehead atoms. The van der Waals surface area contributed by atoms with Gasteiger partial charge < -0.3 is 19.9 Å². The average molecular weight is 378 g/mol. The highest BCUT2D eigenvalue weighted by Crippen LogP contribution is 2.24. The average Bonchev–Trinajstić information content (AvgIpc) is 3.21. The Labute approximate surface area is 162 Å². The van der Waals surface area contributed by atoms with Gasteiger partial charge in [-0.3, -0.25) is 0 Å². The lowest BCUT2D eigenvalue weighted by Gasteiger charge is -2.36. The quantitative estimate of drug-likeness (QED) is 0.733. The van der Waals surface area contributed by atoms with Crippen molar-refractivity contribution in [2.75, 3.05) is 37.7 Å². The molecule has 1 fully saturated rings. The number of imidazole rings is 1. The van der Waals surface area contributed by atoms with Crippen LogP contribution in [-0.2, 0) is 6.42 Å². The summed E-state index contributed by atoms with van der Waals surface area (Å²) in [6.45, 7) is 3.35. The zero-order chi connectivity index (χ0) is 18.9. The predicted octanol–water partition coefficient (Wildman–Crippen LogP) is 1.56. The monoisotopic (exact) mass is 378 g/mol. The Morgan fingerprint density at radius 1 is 1.11 bits per heavy atom. The van der Waals surface area contributed by atoms with Crippen molar-refractivity contribution in [3.8, 4) is 5.75 Å². The first kappa shape index (κ1) is 16.9. The highest BCUT2D eigenvalue weighted by atomic mass is 16.5. The maximum atomic E-state index is 12.7. The third-order valence-corrected chi connectivity index (χ3v) is 5.34. The van der Waals surface area contributed by atoms with Crippen molar-refractivity contribution < 1.29 is 9.53 Å². The summed E-state index contributed by atoms with van der Waals surface area (Å²) in [6, 6.07) is 11.9. The molecule has 1 atom stereocenters. The van der Waals surface area contributed by atoms with E-state index in [0.29, 0.717) is 19.7 Å². The molecule has 2 aromatic heterocycles. The van der Waals surface area contributed by atoms with Crippen LogP contribution in [0.1, 0.15) is 5.56 Å². The van der Waals surface area contributed by atoms with Crippen LogP contribution in [0.15, 0.2) is 48.8 Å². The fourth-order valence-electron chi connectivity index (χ4n) is 3.80. The number of aromatic nitrogens is 3. The molecule has 0 saturated carbocycles. The topological polar surface area (TPSA) is 75.0 Å². The number of fused-ring (bicyclic) bond motifs is 2. The minimum atomic E-state index is -0.0225. The molecule has 0 spiro atoms. The Balaban J connectivity index is 1.17. The standard InChI is InChI=1S/C20H22N6O2/c27-20(22-16-13-15-3-1-2-4-17(15)28-14-16)25-11-9-24(10-12-25)19-6-5-18-21-7-8-26(18)23-19/h1-8,16H,9-14H2,(H,22,27)/t16-/m0/s1. The Hall–Kier alpha value is -3.29. The van der Waals surface area contributed by atoms with E-state index in [4.69, 9.17) is 4.74 Å². The molecule has 2 aliphatic rings. The summed E-state index contributed by atoms with van der Waals surface area (Å²) in [4.78, 5) is 21.0. The number of ether oxygens (including phenoxy) is 1. The van der Waals surface area contributed by atoms with Gasteiger partial charge in [0.1, 0.15) is 18.2 Å². The maximum absolute atomic E-state index is 12.7. The van der Waals surface area contributed by atoms with E-state index in [0.717, 1.165) is 42.3 Å². The van der Waals surface area contributed by atoms with Crippen molar-refractivity contribution in [2.45, 2.75) is 12.5 Å². The normalized spacial score (nSPS) is 19.2. The summed E-state index contributed by atoms with van der Waals surface area (Å²) in [5.74, 6) is 1.83. The van der Waals surface area contributed by atoms with E-state index in [2.05, 4.69) is 26.4 Å². The van der Waals surface area contributed by atoms with Crippen molar-refractivity contribution in [2.24, 2.45) is 0 Å². The Kier molecular flexibility index (Phi) is 4.23. The van der Waals surface area contributed by atoms with Crippen molar-refractivity contribution in [1.29, 1.82) is 0 Å². The number of hydrogen-bond donors (Lipinski definition) is 1. The second-order valence-electron chi connectivity index (χ2n) is 7.16. The summed E-state index contributed by atoms with van der Waals surface area (Å²) >= 11 is 0. The second kappa shape index (κ2) is 7.03. The van der Waals surface area contributed by atoms with Gasteiger partial charge in [0.05, 0.1) is 6.04 Å². The fourth-order valence-corrected chi connectivity index (χ4v) is 3.80. The number of nitrogens with one attached hydrogen (secondary N) is 1. The molecule has 0 aliphatic carbocycles. The zero-order valence-corrected chi connectivity index (χ0v) is 15.5. The van der Waals surface area contributed by atoms with Crippen LogP contribution in [0.5, 0.6) is 5.75 Å². The Morgan fingerprint density at radius 2 is 1.96 bits per heavy atom.